The lowest BCUT2D eigenvalue weighted by Gasteiger charge is -2.13. The van der Waals surface area contributed by atoms with Crippen molar-refractivity contribution in [2.45, 2.75) is 37.0 Å². The van der Waals surface area contributed by atoms with Gasteiger partial charge in [0.1, 0.15) is 5.82 Å². The number of hydrogen-bond acceptors (Lipinski definition) is 3. The van der Waals surface area contributed by atoms with Crippen molar-refractivity contribution in [2.75, 3.05) is 11.9 Å². The van der Waals surface area contributed by atoms with Gasteiger partial charge in [0.25, 0.3) is 5.91 Å². The molecule has 0 bridgehead atoms. The number of benzene rings is 2. The Bertz CT molecular complexity index is 1040. The molecule has 0 atom stereocenters. The second-order valence-corrected chi connectivity index (χ2v) is 9.07. The molecule has 0 unspecified atom stereocenters. The molecule has 0 heterocycles. The van der Waals surface area contributed by atoms with Crippen LogP contribution in [-0.2, 0) is 10.0 Å². The maximum Gasteiger partial charge on any atom is 0.258 e. The summed E-state index contributed by atoms with van der Waals surface area (Å²) in [5.41, 5.74) is 1.27. The summed E-state index contributed by atoms with van der Waals surface area (Å²) in [6.45, 7) is 0.260. The third kappa shape index (κ3) is 5.88. The van der Waals surface area contributed by atoms with Crippen molar-refractivity contribution >= 4 is 33.2 Å². The van der Waals surface area contributed by atoms with Gasteiger partial charge in [-0.1, -0.05) is 29.3 Å². The summed E-state index contributed by atoms with van der Waals surface area (Å²) in [6.07, 6.45) is 7.13. The summed E-state index contributed by atoms with van der Waals surface area (Å²) in [7, 11) is -3.86. The topological polar surface area (TPSA) is 75.3 Å². The summed E-state index contributed by atoms with van der Waals surface area (Å²) in [5, 5.41) is 2.93. The number of carbonyl (C=O) groups excluding carboxylic acids is 1. The largest absolute Gasteiger partial charge is 0.322 e. The third-order valence-electron chi connectivity index (χ3n) is 4.70. The molecule has 0 spiro atoms. The van der Waals surface area contributed by atoms with Gasteiger partial charge in [-0.2, -0.15) is 0 Å². The van der Waals surface area contributed by atoms with E-state index in [9.17, 15) is 17.6 Å². The highest BCUT2D eigenvalue weighted by molar-refractivity contribution is 7.89. The first-order valence-corrected chi connectivity index (χ1v) is 11.3. The number of nitrogens with one attached hydrogen (secondary N) is 2. The van der Waals surface area contributed by atoms with Crippen LogP contribution in [0.3, 0.4) is 0 Å². The van der Waals surface area contributed by atoms with Crippen LogP contribution in [0.1, 0.15) is 42.5 Å². The molecule has 154 valence electrons. The highest BCUT2D eigenvalue weighted by atomic mass is 35.5. The van der Waals surface area contributed by atoms with E-state index >= 15 is 0 Å². The Balaban J connectivity index is 1.71. The molecule has 0 saturated heterocycles. The van der Waals surface area contributed by atoms with Gasteiger partial charge in [-0.05, 0) is 68.5 Å². The molecule has 2 aromatic rings. The van der Waals surface area contributed by atoms with Crippen LogP contribution >= 0.6 is 11.6 Å². The first kappa shape index (κ1) is 21.5. The Morgan fingerprint density at radius 2 is 1.97 bits per heavy atom. The predicted molar refractivity (Wildman–Crippen MR) is 112 cm³/mol. The van der Waals surface area contributed by atoms with E-state index in [1.807, 2.05) is 0 Å². The van der Waals surface area contributed by atoms with Crippen molar-refractivity contribution in [1.82, 2.24) is 4.72 Å². The molecule has 5 nitrogen and oxygen atoms in total. The second-order valence-electron chi connectivity index (χ2n) is 6.86. The number of carbonyl (C=O) groups is 1. The minimum absolute atomic E-state index is 0.159. The molecule has 0 aliphatic heterocycles. The van der Waals surface area contributed by atoms with E-state index in [2.05, 4.69) is 16.1 Å². The zero-order valence-corrected chi connectivity index (χ0v) is 17.3. The summed E-state index contributed by atoms with van der Waals surface area (Å²) >= 11 is 5.88. The molecule has 1 aliphatic carbocycles. The molecule has 1 aliphatic rings. The SMILES string of the molecule is O=C(Nc1cccc(Cl)c1)c1cc(S(=O)(=O)NCCC2=CCCCC2)ccc1F. The van der Waals surface area contributed by atoms with Crippen LogP contribution < -0.4 is 10.0 Å². The highest BCUT2D eigenvalue weighted by Gasteiger charge is 2.20. The van der Waals surface area contributed by atoms with Crippen molar-refractivity contribution < 1.29 is 17.6 Å². The maximum atomic E-state index is 14.2. The average molecular weight is 437 g/mol. The van der Waals surface area contributed by atoms with Gasteiger partial charge in [-0.3, -0.25) is 4.79 Å². The summed E-state index contributed by atoms with van der Waals surface area (Å²) in [5.74, 6) is -1.56. The summed E-state index contributed by atoms with van der Waals surface area (Å²) in [6, 6.07) is 9.56. The van der Waals surface area contributed by atoms with Gasteiger partial charge in [-0.25, -0.2) is 17.5 Å². The predicted octanol–water partition coefficient (Wildman–Crippen LogP) is 4.90. The Morgan fingerprint density at radius 3 is 2.69 bits per heavy atom. The fourth-order valence-electron chi connectivity index (χ4n) is 3.17. The smallest absolute Gasteiger partial charge is 0.258 e. The quantitative estimate of drug-likeness (QED) is 0.606. The van der Waals surface area contributed by atoms with Gasteiger partial charge in [0.15, 0.2) is 0 Å². The lowest BCUT2D eigenvalue weighted by atomic mass is 9.97. The number of anilines is 1. The lowest BCUT2D eigenvalue weighted by molar-refractivity contribution is 0.102. The van der Waals surface area contributed by atoms with Crippen molar-refractivity contribution in [1.29, 1.82) is 0 Å². The fraction of sp³-hybridized carbons (Fsp3) is 0.286. The molecular weight excluding hydrogens is 415 g/mol. The van der Waals surface area contributed by atoms with Gasteiger partial charge in [0.2, 0.25) is 10.0 Å². The van der Waals surface area contributed by atoms with Crippen LogP contribution in [0.25, 0.3) is 0 Å². The zero-order chi connectivity index (χ0) is 20.9. The van der Waals surface area contributed by atoms with E-state index in [-0.39, 0.29) is 17.0 Å². The normalized spacial score (nSPS) is 14.3. The van der Waals surface area contributed by atoms with E-state index in [0.717, 1.165) is 37.5 Å². The Labute approximate surface area is 175 Å². The van der Waals surface area contributed by atoms with Crippen LogP contribution in [0.15, 0.2) is 59.0 Å². The Morgan fingerprint density at radius 1 is 1.14 bits per heavy atom. The van der Waals surface area contributed by atoms with E-state index < -0.39 is 21.7 Å². The number of rotatable bonds is 7. The Kier molecular flexibility index (Phi) is 7.05. The molecule has 2 N–H and O–H groups in total. The van der Waals surface area contributed by atoms with Crippen LogP contribution in [-0.4, -0.2) is 20.9 Å². The molecule has 8 heteroatoms. The monoisotopic (exact) mass is 436 g/mol. The third-order valence-corrected chi connectivity index (χ3v) is 6.39. The maximum absolute atomic E-state index is 14.2. The molecule has 1 amide bonds. The standard InChI is InChI=1S/C21H22ClFN2O3S/c22-16-7-4-8-17(13-16)25-21(26)19-14-18(9-10-20(19)23)29(27,28)24-12-11-15-5-2-1-3-6-15/h4-5,7-10,13-14,24H,1-3,6,11-12H2,(H,25,26). The average Bonchev–Trinajstić information content (AvgIpc) is 2.69. The van der Waals surface area contributed by atoms with Gasteiger partial charge >= 0.3 is 0 Å². The minimum Gasteiger partial charge on any atom is -0.322 e. The van der Waals surface area contributed by atoms with E-state index in [0.29, 0.717) is 17.1 Å². The molecule has 29 heavy (non-hydrogen) atoms. The lowest BCUT2D eigenvalue weighted by Crippen LogP contribution is -2.26. The fourth-order valence-corrected chi connectivity index (χ4v) is 4.42. The van der Waals surface area contributed by atoms with Gasteiger partial charge < -0.3 is 5.32 Å². The van der Waals surface area contributed by atoms with Gasteiger partial charge in [0.05, 0.1) is 10.5 Å². The molecule has 3 rings (SSSR count). The number of sulfonamides is 1. The number of hydrogen-bond donors (Lipinski definition) is 2. The summed E-state index contributed by atoms with van der Waals surface area (Å²) < 4.78 is 41.8. The first-order valence-electron chi connectivity index (χ1n) is 9.39. The molecule has 0 radical (unpaired) electrons. The van der Waals surface area contributed by atoms with Crippen molar-refractivity contribution in [2.24, 2.45) is 0 Å². The molecule has 2 aromatic carbocycles. The van der Waals surface area contributed by atoms with Crippen LogP contribution in [0.4, 0.5) is 10.1 Å². The van der Waals surface area contributed by atoms with Gasteiger partial charge in [-0.15, -0.1) is 0 Å². The van der Waals surface area contributed by atoms with E-state index in [1.54, 1.807) is 18.2 Å². The highest BCUT2D eigenvalue weighted by Crippen LogP contribution is 2.21. The van der Waals surface area contributed by atoms with Crippen LogP contribution in [0.5, 0.6) is 0 Å². The molecular formula is C21H22ClFN2O3S. The Hall–Kier alpha value is -2.22. The van der Waals surface area contributed by atoms with Crippen molar-refractivity contribution in [3.63, 3.8) is 0 Å². The van der Waals surface area contributed by atoms with Crippen molar-refractivity contribution in [3.05, 3.63) is 70.5 Å². The second kappa shape index (κ2) is 9.52. The number of amides is 1. The number of allylic oxidation sites excluding steroid dienone is 1. The minimum atomic E-state index is -3.86. The van der Waals surface area contributed by atoms with E-state index in [1.165, 1.54) is 18.1 Å². The van der Waals surface area contributed by atoms with Crippen LogP contribution in [0.2, 0.25) is 5.02 Å². The van der Waals surface area contributed by atoms with E-state index in [4.69, 9.17) is 11.6 Å². The zero-order valence-electron chi connectivity index (χ0n) is 15.8. The summed E-state index contributed by atoms with van der Waals surface area (Å²) in [4.78, 5) is 12.3. The molecule has 0 saturated carbocycles. The van der Waals surface area contributed by atoms with Gasteiger partial charge in [0, 0.05) is 17.3 Å². The molecule has 0 fully saturated rings. The van der Waals surface area contributed by atoms with Crippen LogP contribution in [0, 0.1) is 5.82 Å². The first-order chi connectivity index (χ1) is 13.8. The molecule has 0 aromatic heterocycles. The number of halogens is 2. The van der Waals surface area contributed by atoms with Crippen molar-refractivity contribution in [3.8, 4) is 0 Å².